The lowest BCUT2D eigenvalue weighted by atomic mass is 9.42. The molecule has 146 valence electrons. The summed E-state index contributed by atoms with van der Waals surface area (Å²) in [5.74, 6) is 2.40. The van der Waals surface area contributed by atoms with Gasteiger partial charge in [0.25, 0.3) is 0 Å². The Hall–Kier alpha value is -1.51. The molecule has 3 nitrogen and oxygen atoms in total. The van der Waals surface area contributed by atoms with Crippen LogP contribution in [0.1, 0.15) is 66.2 Å². The van der Waals surface area contributed by atoms with Crippen LogP contribution in [0.15, 0.2) is 35.1 Å². The molecule has 0 amide bonds. The first-order chi connectivity index (χ1) is 12.8. The fourth-order valence-electron chi connectivity index (χ4n) is 7.43. The molecule has 6 atom stereocenters. The lowest BCUT2D eigenvalue weighted by Crippen LogP contribution is -2.68. The molecule has 0 radical (unpaired) electrons. The van der Waals surface area contributed by atoms with Gasteiger partial charge in [-0.25, -0.2) is 4.79 Å². The topological polar surface area (TPSA) is 35.5 Å². The van der Waals surface area contributed by atoms with Crippen LogP contribution in [-0.4, -0.2) is 17.7 Å². The van der Waals surface area contributed by atoms with Crippen molar-refractivity contribution in [3.05, 3.63) is 35.1 Å². The van der Waals surface area contributed by atoms with Gasteiger partial charge in [0, 0.05) is 23.2 Å². The van der Waals surface area contributed by atoms with E-state index in [1.165, 1.54) is 17.6 Å². The second kappa shape index (κ2) is 5.52. The standard InChI is InChI=1S/C24H32O3/c1-13-7-6-8-14(2)18-16(10-9-13)24-12-11-17-20(24)19(15(3)26-21(18)24)22(25)27-23(17,4)5/h7,16-18,20-21H,2,6,8-12H2,1,3-5H3/b13-7+/t16?,17?,18-,20-,21+,24?/m1/s1. The molecular formula is C24H32O3. The van der Waals surface area contributed by atoms with Crippen LogP contribution in [-0.2, 0) is 14.3 Å². The fourth-order valence-corrected chi connectivity index (χ4v) is 7.43. The van der Waals surface area contributed by atoms with Crippen LogP contribution in [0, 0.1) is 29.1 Å². The number of rotatable bonds is 0. The average molecular weight is 369 g/mol. The van der Waals surface area contributed by atoms with Gasteiger partial charge in [0.05, 0.1) is 5.57 Å². The number of allylic oxidation sites excluding steroid dienone is 3. The molecule has 0 aromatic heterocycles. The third kappa shape index (κ3) is 2.12. The number of hydrogen-bond acceptors (Lipinski definition) is 3. The fraction of sp³-hybridized carbons (Fsp3) is 0.708. The predicted molar refractivity (Wildman–Crippen MR) is 105 cm³/mol. The summed E-state index contributed by atoms with van der Waals surface area (Å²) in [5.41, 5.74) is 3.44. The maximum absolute atomic E-state index is 12.9. The summed E-state index contributed by atoms with van der Waals surface area (Å²) < 4.78 is 12.4. The Labute approximate surface area is 162 Å². The second-order valence-corrected chi connectivity index (χ2v) is 10.2. The van der Waals surface area contributed by atoms with E-state index in [0.29, 0.717) is 23.7 Å². The van der Waals surface area contributed by atoms with Crippen LogP contribution in [0.25, 0.3) is 0 Å². The Kier molecular flexibility index (Phi) is 3.59. The molecule has 2 saturated carbocycles. The minimum atomic E-state index is -0.382. The smallest absolute Gasteiger partial charge is 0.338 e. The highest BCUT2D eigenvalue weighted by molar-refractivity contribution is 5.91. The molecule has 0 aromatic carbocycles. The summed E-state index contributed by atoms with van der Waals surface area (Å²) in [6.45, 7) is 12.9. The van der Waals surface area contributed by atoms with Crippen LogP contribution in [0.4, 0.5) is 0 Å². The van der Waals surface area contributed by atoms with E-state index >= 15 is 0 Å². The molecule has 0 bridgehead atoms. The molecule has 3 heteroatoms. The minimum absolute atomic E-state index is 0.106. The molecule has 1 saturated heterocycles. The number of esters is 1. The maximum atomic E-state index is 12.9. The third-order valence-electron chi connectivity index (χ3n) is 8.59. The largest absolute Gasteiger partial charge is 0.493 e. The first-order valence-corrected chi connectivity index (χ1v) is 10.7. The summed E-state index contributed by atoms with van der Waals surface area (Å²) in [7, 11) is 0. The Bertz CT molecular complexity index is 785. The summed E-state index contributed by atoms with van der Waals surface area (Å²) in [5, 5.41) is 0. The summed E-state index contributed by atoms with van der Waals surface area (Å²) in [4.78, 5) is 12.9. The Balaban J connectivity index is 1.62. The van der Waals surface area contributed by atoms with Crippen LogP contribution < -0.4 is 0 Å². The van der Waals surface area contributed by atoms with Gasteiger partial charge in [0.1, 0.15) is 17.5 Å². The van der Waals surface area contributed by atoms with Crippen molar-refractivity contribution in [2.75, 3.05) is 0 Å². The van der Waals surface area contributed by atoms with Crippen molar-refractivity contribution in [1.82, 2.24) is 0 Å². The summed E-state index contributed by atoms with van der Waals surface area (Å²) >= 11 is 0. The maximum Gasteiger partial charge on any atom is 0.338 e. The third-order valence-corrected chi connectivity index (χ3v) is 8.59. The van der Waals surface area contributed by atoms with E-state index in [-0.39, 0.29) is 23.1 Å². The molecule has 0 N–H and O–H groups in total. The van der Waals surface area contributed by atoms with Crippen LogP contribution in [0.3, 0.4) is 0 Å². The first-order valence-electron chi connectivity index (χ1n) is 10.7. The second-order valence-electron chi connectivity index (χ2n) is 10.2. The number of carbonyl (C=O) groups excluding carboxylic acids is 1. The Morgan fingerprint density at radius 2 is 1.93 bits per heavy atom. The van der Waals surface area contributed by atoms with Crippen LogP contribution in [0.5, 0.6) is 0 Å². The first kappa shape index (κ1) is 17.6. The molecular weight excluding hydrogens is 336 g/mol. The quantitative estimate of drug-likeness (QED) is 0.428. The average Bonchev–Trinajstić information content (AvgIpc) is 3.00. The number of carbonyl (C=O) groups is 1. The van der Waals surface area contributed by atoms with Crippen LogP contribution >= 0.6 is 0 Å². The van der Waals surface area contributed by atoms with Crippen molar-refractivity contribution < 1.29 is 14.3 Å². The molecule has 3 unspecified atom stereocenters. The van der Waals surface area contributed by atoms with Gasteiger partial charge in [0.15, 0.2) is 0 Å². The van der Waals surface area contributed by atoms with Gasteiger partial charge in [-0.1, -0.05) is 23.8 Å². The molecule has 3 aliphatic carbocycles. The highest BCUT2D eigenvalue weighted by atomic mass is 16.6. The highest BCUT2D eigenvalue weighted by Gasteiger charge is 2.75. The van der Waals surface area contributed by atoms with Gasteiger partial charge in [-0.05, 0) is 72.1 Å². The molecule has 2 aliphatic heterocycles. The van der Waals surface area contributed by atoms with Gasteiger partial charge in [0.2, 0.25) is 0 Å². The number of cyclic esters (lactones) is 1. The predicted octanol–water partition coefficient (Wildman–Crippen LogP) is 5.33. The van der Waals surface area contributed by atoms with Gasteiger partial charge in [-0.2, -0.15) is 0 Å². The molecule has 2 heterocycles. The zero-order valence-corrected chi connectivity index (χ0v) is 17.1. The van der Waals surface area contributed by atoms with Crippen molar-refractivity contribution in [2.24, 2.45) is 29.1 Å². The van der Waals surface area contributed by atoms with Gasteiger partial charge in [-0.15, -0.1) is 0 Å². The molecule has 1 spiro atoms. The zero-order valence-electron chi connectivity index (χ0n) is 17.1. The number of hydrogen-bond donors (Lipinski definition) is 0. The van der Waals surface area contributed by atoms with Crippen molar-refractivity contribution in [3.8, 4) is 0 Å². The molecule has 0 aromatic rings. The molecule has 5 rings (SSSR count). The number of fused-ring (bicyclic) bond motifs is 2. The van der Waals surface area contributed by atoms with Crippen molar-refractivity contribution in [1.29, 1.82) is 0 Å². The van der Waals surface area contributed by atoms with Gasteiger partial charge >= 0.3 is 5.97 Å². The van der Waals surface area contributed by atoms with Crippen molar-refractivity contribution in [3.63, 3.8) is 0 Å². The van der Waals surface area contributed by atoms with Gasteiger partial charge < -0.3 is 9.47 Å². The van der Waals surface area contributed by atoms with Gasteiger partial charge in [-0.3, -0.25) is 0 Å². The molecule has 3 fully saturated rings. The van der Waals surface area contributed by atoms with Crippen molar-refractivity contribution >= 4 is 5.97 Å². The summed E-state index contributed by atoms with van der Waals surface area (Å²) in [6, 6.07) is 0. The van der Waals surface area contributed by atoms with E-state index in [4.69, 9.17) is 9.47 Å². The van der Waals surface area contributed by atoms with Crippen LogP contribution in [0.2, 0.25) is 0 Å². The summed E-state index contributed by atoms with van der Waals surface area (Å²) in [6.07, 6.45) is 9.39. The van der Waals surface area contributed by atoms with E-state index in [0.717, 1.165) is 43.4 Å². The molecule has 5 aliphatic rings. The molecule has 27 heavy (non-hydrogen) atoms. The zero-order chi connectivity index (χ0) is 19.1. The highest BCUT2D eigenvalue weighted by Crippen LogP contribution is 2.74. The lowest BCUT2D eigenvalue weighted by Gasteiger charge is -2.66. The van der Waals surface area contributed by atoms with Crippen molar-refractivity contribution in [2.45, 2.75) is 77.9 Å². The minimum Gasteiger partial charge on any atom is -0.493 e. The lowest BCUT2D eigenvalue weighted by molar-refractivity contribution is -0.228. The SMILES string of the molecule is C=C1CC/C=C(\C)CCC2[C@@H]1[C@@H]1OC(C)=C3C(=O)OC(C)(C)C4CCC21[C@@H]34. The number of ether oxygens (including phenoxy) is 2. The van der Waals surface area contributed by atoms with E-state index in [1.54, 1.807) is 0 Å². The normalized spacial score (nSPS) is 47.0. The monoisotopic (exact) mass is 368 g/mol. The van der Waals surface area contributed by atoms with E-state index < -0.39 is 0 Å². The van der Waals surface area contributed by atoms with E-state index in [1.807, 2.05) is 6.92 Å². The van der Waals surface area contributed by atoms with E-state index in [9.17, 15) is 4.79 Å². The Morgan fingerprint density at radius 3 is 2.70 bits per heavy atom. The van der Waals surface area contributed by atoms with E-state index in [2.05, 4.69) is 33.4 Å². The Morgan fingerprint density at radius 1 is 1.15 bits per heavy atom.